The molecule has 7 nitrogen and oxygen atoms in total. The number of nitrogens with zero attached hydrogens (tertiary/aromatic N) is 3. The minimum absolute atomic E-state index is 0.0654. The highest BCUT2D eigenvalue weighted by atomic mass is 32.2. The average Bonchev–Trinajstić information content (AvgIpc) is 2.94. The summed E-state index contributed by atoms with van der Waals surface area (Å²) in [6.07, 6.45) is 7.08. The van der Waals surface area contributed by atoms with Gasteiger partial charge in [0.1, 0.15) is 0 Å². The van der Waals surface area contributed by atoms with E-state index in [0.29, 0.717) is 18.7 Å². The Kier molecular flexibility index (Phi) is 3.32. The van der Waals surface area contributed by atoms with Crippen molar-refractivity contribution < 1.29 is 13.2 Å². The zero-order chi connectivity index (χ0) is 15.3. The van der Waals surface area contributed by atoms with Gasteiger partial charge in [-0.25, -0.2) is 12.7 Å². The van der Waals surface area contributed by atoms with Gasteiger partial charge in [0.2, 0.25) is 10.0 Å². The lowest BCUT2D eigenvalue weighted by atomic mass is 9.65. The summed E-state index contributed by atoms with van der Waals surface area (Å²) in [6.45, 7) is 1.19. The van der Waals surface area contributed by atoms with Crippen molar-refractivity contribution in [1.29, 1.82) is 0 Å². The number of amides is 1. The minimum Gasteiger partial charge on any atom is -0.349 e. The van der Waals surface area contributed by atoms with Crippen molar-refractivity contribution >= 4 is 15.9 Å². The van der Waals surface area contributed by atoms with Gasteiger partial charge in [-0.05, 0) is 24.7 Å². The van der Waals surface area contributed by atoms with Crippen LogP contribution in [0.3, 0.4) is 0 Å². The molecule has 1 saturated carbocycles. The zero-order valence-corrected chi connectivity index (χ0v) is 13.1. The van der Waals surface area contributed by atoms with Crippen LogP contribution in [-0.4, -0.2) is 53.8 Å². The van der Waals surface area contributed by atoms with Crippen molar-refractivity contribution in [1.82, 2.24) is 19.4 Å². The maximum atomic E-state index is 12.0. The number of hydrogen-bond donors (Lipinski definition) is 1. The van der Waals surface area contributed by atoms with Gasteiger partial charge in [0.25, 0.3) is 5.91 Å². The standard InChI is InChI=1S/C13H20N4O3S/c1-16-8-10(7-14-16)12(18)15-11-5-13(6-11)3-4-17(9-13)21(2,19)20/h7-8,11H,3-6,9H2,1-2H3,(H,15,18). The Morgan fingerprint density at radius 3 is 2.71 bits per heavy atom. The summed E-state index contributed by atoms with van der Waals surface area (Å²) in [5.41, 5.74) is 0.623. The molecule has 0 atom stereocenters. The third kappa shape index (κ3) is 2.82. The first-order chi connectivity index (χ1) is 9.77. The third-order valence-electron chi connectivity index (χ3n) is 4.53. The molecule has 0 bridgehead atoms. The SMILES string of the molecule is Cn1cc(C(=O)NC2CC3(CCN(S(C)(=O)=O)C3)C2)cn1. The number of carbonyl (C=O) groups excluding carboxylic acids is 1. The van der Waals surface area contributed by atoms with Gasteiger partial charge in [-0.1, -0.05) is 0 Å². The molecule has 1 aliphatic carbocycles. The van der Waals surface area contributed by atoms with Crippen LogP contribution in [0.15, 0.2) is 12.4 Å². The number of aromatic nitrogens is 2. The summed E-state index contributed by atoms with van der Waals surface area (Å²) in [7, 11) is -1.32. The molecule has 1 spiro atoms. The van der Waals surface area contributed by atoms with Crippen LogP contribution in [0.1, 0.15) is 29.6 Å². The molecular formula is C13H20N4O3S. The van der Waals surface area contributed by atoms with Gasteiger partial charge in [0.15, 0.2) is 0 Å². The summed E-state index contributed by atoms with van der Waals surface area (Å²) in [5.74, 6) is -0.110. The van der Waals surface area contributed by atoms with E-state index in [4.69, 9.17) is 0 Å². The molecule has 8 heteroatoms. The summed E-state index contributed by atoms with van der Waals surface area (Å²) in [6, 6.07) is 0.136. The van der Waals surface area contributed by atoms with Crippen LogP contribution in [0.2, 0.25) is 0 Å². The molecule has 1 amide bonds. The monoisotopic (exact) mass is 312 g/mol. The summed E-state index contributed by atoms with van der Waals surface area (Å²) >= 11 is 0. The predicted molar refractivity (Wildman–Crippen MR) is 77.2 cm³/mol. The molecule has 2 fully saturated rings. The quantitative estimate of drug-likeness (QED) is 0.849. The second-order valence-corrected chi connectivity index (χ2v) is 8.31. The first kappa shape index (κ1) is 14.5. The number of carbonyl (C=O) groups is 1. The number of sulfonamides is 1. The zero-order valence-electron chi connectivity index (χ0n) is 12.2. The van der Waals surface area contributed by atoms with Gasteiger partial charge >= 0.3 is 0 Å². The summed E-state index contributed by atoms with van der Waals surface area (Å²) < 4.78 is 26.3. The van der Waals surface area contributed by atoms with Gasteiger partial charge in [0, 0.05) is 32.4 Å². The predicted octanol–water partition coefficient (Wildman–Crippen LogP) is -0.0360. The molecule has 2 aliphatic rings. The number of rotatable bonds is 3. The minimum atomic E-state index is -3.10. The van der Waals surface area contributed by atoms with Gasteiger partial charge in [-0.3, -0.25) is 9.48 Å². The molecule has 1 aromatic rings. The lowest BCUT2D eigenvalue weighted by molar-refractivity contribution is 0.0730. The Labute approximate surface area is 124 Å². The number of nitrogens with one attached hydrogen (secondary N) is 1. The van der Waals surface area contributed by atoms with Crippen LogP contribution >= 0.6 is 0 Å². The van der Waals surface area contributed by atoms with Crippen molar-refractivity contribution in [3.63, 3.8) is 0 Å². The number of hydrogen-bond acceptors (Lipinski definition) is 4. The van der Waals surface area contributed by atoms with E-state index in [2.05, 4.69) is 10.4 Å². The van der Waals surface area contributed by atoms with Crippen LogP contribution in [0.4, 0.5) is 0 Å². The Bertz CT molecular complexity index is 661. The van der Waals surface area contributed by atoms with Crippen LogP contribution in [0, 0.1) is 5.41 Å². The second kappa shape index (κ2) is 4.81. The van der Waals surface area contributed by atoms with Gasteiger partial charge in [-0.2, -0.15) is 5.10 Å². The van der Waals surface area contributed by atoms with E-state index in [-0.39, 0.29) is 17.4 Å². The highest BCUT2D eigenvalue weighted by Crippen LogP contribution is 2.48. The fourth-order valence-electron chi connectivity index (χ4n) is 3.41. The summed E-state index contributed by atoms with van der Waals surface area (Å²) in [5, 5.41) is 6.97. The molecule has 1 N–H and O–H groups in total. The Balaban J connectivity index is 1.54. The maximum absolute atomic E-state index is 12.0. The van der Waals surface area contributed by atoms with E-state index >= 15 is 0 Å². The molecule has 0 unspecified atom stereocenters. The van der Waals surface area contributed by atoms with Crippen molar-refractivity contribution in [2.45, 2.75) is 25.3 Å². The fourth-order valence-corrected chi connectivity index (χ4v) is 4.34. The molecule has 0 aromatic carbocycles. The van der Waals surface area contributed by atoms with Crippen LogP contribution in [-0.2, 0) is 17.1 Å². The maximum Gasteiger partial charge on any atom is 0.254 e. The highest BCUT2D eigenvalue weighted by molar-refractivity contribution is 7.88. The molecule has 1 saturated heterocycles. The Hall–Kier alpha value is -1.41. The van der Waals surface area contributed by atoms with Crippen LogP contribution in [0.25, 0.3) is 0 Å². The lowest BCUT2D eigenvalue weighted by Gasteiger charge is -2.45. The van der Waals surface area contributed by atoms with E-state index in [1.165, 1.54) is 6.26 Å². The van der Waals surface area contributed by atoms with Gasteiger partial charge in [0.05, 0.1) is 18.0 Å². The first-order valence-corrected chi connectivity index (χ1v) is 8.87. The van der Waals surface area contributed by atoms with Crippen molar-refractivity contribution in [2.75, 3.05) is 19.3 Å². The van der Waals surface area contributed by atoms with E-state index < -0.39 is 10.0 Å². The molecule has 116 valence electrons. The highest BCUT2D eigenvalue weighted by Gasteiger charge is 2.50. The van der Waals surface area contributed by atoms with Crippen LogP contribution < -0.4 is 5.32 Å². The first-order valence-electron chi connectivity index (χ1n) is 7.02. The molecule has 21 heavy (non-hydrogen) atoms. The molecular weight excluding hydrogens is 292 g/mol. The largest absolute Gasteiger partial charge is 0.349 e. The van der Waals surface area contributed by atoms with E-state index in [1.54, 1.807) is 28.4 Å². The molecule has 1 aliphatic heterocycles. The molecule has 0 radical (unpaired) electrons. The van der Waals surface area contributed by atoms with E-state index in [9.17, 15) is 13.2 Å². The molecule has 3 rings (SSSR count). The van der Waals surface area contributed by atoms with Crippen molar-refractivity contribution in [2.24, 2.45) is 12.5 Å². The van der Waals surface area contributed by atoms with Crippen LogP contribution in [0.5, 0.6) is 0 Å². The van der Waals surface area contributed by atoms with Crippen molar-refractivity contribution in [3.05, 3.63) is 18.0 Å². The van der Waals surface area contributed by atoms with E-state index in [1.807, 2.05) is 0 Å². The fraction of sp³-hybridized carbons (Fsp3) is 0.692. The lowest BCUT2D eigenvalue weighted by Crippen LogP contribution is -2.52. The molecule has 2 heterocycles. The second-order valence-electron chi connectivity index (χ2n) is 6.33. The Morgan fingerprint density at radius 1 is 1.48 bits per heavy atom. The average molecular weight is 312 g/mol. The van der Waals surface area contributed by atoms with Gasteiger partial charge in [-0.15, -0.1) is 0 Å². The summed E-state index contributed by atoms with van der Waals surface area (Å²) in [4.78, 5) is 12.0. The van der Waals surface area contributed by atoms with E-state index in [0.717, 1.165) is 19.3 Å². The molecule has 1 aromatic heterocycles. The third-order valence-corrected chi connectivity index (χ3v) is 5.78. The topological polar surface area (TPSA) is 84.3 Å². The Morgan fingerprint density at radius 2 is 2.19 bits per heavy atom. The normalized spacial score (nSPS) is 29.5. The number of aryl methyl sites for hydroxylation is 1. The van der Waals surface area contributed by atoms with Crippen molar-refractivity contribution in [3.8, 4) is 0 Å². The smallest absolute Gasteiger partial charge is 0.254 e. The van der Waals surface area contributed by atoms with Gasteiger partial charge < -0.3 is 5.32 Å².